The molecule has 0 aliphatic heterocycles. The molecular weight excluding hydrogens is 434 g/mol. The van der Waals surface area contributed by atoms with Gasteiger partial charge in [-0.25, -0.2) is 0 Å². The van der Waals surface area contributed by atoms with Crippen LogP contribution < -0.4 is 0 Å². The highest BCUT2D eigenvalue weighted by atomic mass is 16.2. The van der Waals surface area contributed by atoms with Crippen molar-refractivity contribution in [3.05, 3.63) is 47.5 Å². The number of amides is 2. The molecule has 0 atom stereocenters. The molecule has 0 fully saturated rings. The summed E-state index contributed by atoms with van der Waals surface area (Å²) in [7, 11) is 7.09. The molecule has 0 aliphatic carbocycles. The van der Waals surface area contributed by atoms with Gasteiger partial charge in [0.1, 0.15) is 0 Å². The Morgan fingerprint density at radius 1 is 0.629 bits per heavy atom. The fourth-order valence-corrected chi connectivity index (χ4v) is 4.88. The van der Waals surface area contributed by atoms with Crippen LogP contribution in [0.4, 0.5) is 0 Å². The molecule has 1 aromatic heterocycles. The van der Waals surface area contributed by atoms with E-state index < -0.39 is 0 Å². The molecule has 5 heteroatoms. The highest BCUT2D eigenvalue weighted by Gasteiger charge is 2.17. The number of benzene rings is 2. The molecular formula is C30H43N3O2. The van der Waals surface area contributed by atoms with Crippen LogP contribution in [0.25, 0.3) is 21.8 Å². The Labute approximate surface area is 211 Å². The molecule has 0 bridgehead atoms. The average Bonchev–Trinajstić information content (AvgIpc) is 3.16. The summed E-state index contributed by atoms with van der Waals surface area (Å²) in [4.78, 5) is 28.5. The number of carbonyl (C=O) groups is 2. The number of hydrogen-bond acceptors (Lipinski definition) is 2. The Morgan fingerprint density at radius 3 is 1.43 bits per heavy atom. The van der Waals surface area contributed by atoms with Crippen molar-refractivity contribution < 1.29 is 9.59 Å². The van der Waals surface area contributed by atoms with Crippen molar-refractivity contribution in [1.82, 2.24) is 14.4 Å². The molecule has 0 aliphatic rings. The quantitative estimate of drug-likeness (QED) is 0.246. The average molecular weight is 478 g/mol. The number of rotatable bonds is 13. The van der Waals surface area contributed by atoms with Crippen molar-refractivity contribution in [3.8, 4) is 0 Å². The zero-order chi connectivity index (χ0) is 25.4. The first-order chi connectivity index (χ1) is 16.8. The number of unbranched alkanes of at least 4 members (excludes halogenated alkanes) is 9. The van der Waals surface area contributed by atoms with Crippen molar-refractivity contribution >= 4 is 33.6 Å². The van der Waals surface area contributed by atoms with Gasteiger partial charge in [-0.15, -0.1) is 0 Å². The first-order valence-corrected chi connectivity index (χ1v) is 13.3. The molecule has 0 saturated carbocycles. The van der Waals surface area contributed by atoms with Gasteiger partial charge in [0, 0.05) is 67.7 Å². The van der Waals surface area contributed by atoms with Crippen LogP contribution in [0, 0.1) is 0 Å². The highest BCUT2D eigenvalue weighted by Crippen LogP contribution is 2.32. The summed E-state index contributed by atoms with van der Waals surface area (Å²) in [6.07, 6.45) is 13.1. The van der Waals surface area contributed by atoms with E-state index in [9.17, 15) is 9.59 Å². The smallest absolute Gasteiger partial charge is 0.253 e. The van der Waals surface area contributed by atoms with Gasteiger partial charge in [-0.3, -0.25) is 9.59 Å². The summed E-state index contributed by atoms with van der Waals surface area (Å²) < 4.78 is 2.36. The summed E-state index contributed by atoms with van der Waals surface area (Å²) in [6.45, 7) is 3.21. The van der Waals surface area contributed by atoms with Crippen LogP contribution in [0.1, 0.15) is 91.8 Å². The second kappa shape index (κ2) is 12.8. The van der Waals surface area contributed by atoms with Crippen LogP contribution in [-0.2, 0) is 6.54 Å². The fraction of sp³-hybridized carbons (Fsp3) is 0.533. The van der Waals surface area contributed by atoms with Crippen molar-refractivity contribution in [2.24, 2.45) is 0 Å². The Kier molecular flexibility index (Phi) is 9.76. The Bertz CT molecular complexity index is 1070. The summed E-state index contributed by atoms with van der Waals surface area (Å²) in [5.41, 5.74) is 3.59. The Balaban J connectivity index is 1.78. The Morgan fingerprint density at radius 2 is 1.03 bits per heavy atom. The lowest BCUT2D eigenvalue weighted by atomic mass is 10.1. The van der Waals surface area contributed by atoms with Crippen LogP contribution >= 0.6 is 0 Å². The maximum absolute atomic E-state index is 12.6. The van der Waals surface area contributed by atoms with Gasteiger partial charge in [-0.05, 0) is 42.8 Å². The van der Waals surface area contributed by atoms with E-state index in [4.69, 9.17) is 0 Å². The predicted octanol–water partition coefficient (Wildman–Crippen LogP) is 7.12. The topological polar surface area (TPSA) is 45.6 Å². The van der Waals surface area contributed by atoms with Gasteiger partial charge in [0.05, 0.1) is 0 Å². The maximum atomic E-state index is 12.6. The molecule has 0 spiro atoms. The lowest BCUT2D eigenvalue weighted by Crippen LogP contribution is -2.21. The number of fused-ring (bicyclic) bond motifs is 3. The molecule has 5 nitrogen and oxygen atoms in total. The SMILES string of the molecule is CCCCCCCCCCCCn1c2ccc(C(=O)N(C)C)cc2c2cc(C(=O)N(C)C)ccc21. The van der Waals surface area contributed by atoms with Gasteiger partial charge in [0.15, 0.2) is 0 Å². The maximum Gasteiger partial charge on any atom is 0.253 e. The minimum absolute atomic E-state index is 0.0111. The number of nitrogens with zero attached hydrogens (tertiary/aromatic N) is 3. The number of aryl methyl sites for hydroxylation is 1. The van der Waals surface area contributed by atoms with Crippen molar-refractivity contribution in [2.75, 3.05) is 28.2 Å². The molecule has 1 heterocycles. The lowest BCUT2D eigenvalue weighted by Gasteiger charge is -2.11. The minimum Gasteiger partial charge on any atom is -0.345 e. The number of hydrogen-bond donors (Lipinski definition) is 0. The Hall–Kier alpha value is -2.82. The van der Waals surface area contributed by atoms with E-state index in [1.807, 2.05) is 24.3 Å². The van der Waals surface area contributed by atoms with Crippen molar-refractivity contribution in [2.45, 2.75) is 77.7 Å². The molecule has 3 aromatic rings. The first kappa shape index (κ1) is 26.8. The van der Waals surface area contributed by atoms with Gasteiger partial charge >= 0.3 is 0 Å². The minimum atomic E-state index is -0.0111. The molecule has 35 heavy (non-hydrogen) atoms. The molecule has 2 aromatic carbocycles. The zero-order valence-electron chi connectivity index (χ0n) is 22.4. The normalized spacial score (nSPS) is 11.3. The molecule has 0 N–H and O–H groups in total. The third-order valence-corrected chi connectivity index (χ3v) is 6.91. The first-order valence-electron chi connectivity index (χ1n) is 13.3. The zero-order valence-corrected chi connectivity index (χ0v) is 22.4. The van der Waals surface area contributed by atoms with Crippen LogP contribution in [0.15, 0.2) is 36.4 Å². The second-order valence-corrected chi connectivity index (χ2v) is 10.2. The third-order valence-electron chi connectivity index (χ3n) is 6.91. The fourth-order valence-electron chi connectivity index (χ4n) is 4.88. The summed E-state index contributed by atoms with van der Waals surface area (Å²) in [6, 6.07) is 11.9. The van der Waals surface area contributed by atoms with Gasteiger partial charge < -0.3 is 14.4 Å². The molecule has 0 unspecified atom stereocenters. The highest BCUT2D eigenvalue weighted by molar-refractivity contribution is 6.12. The molecule has 2 amide bonds. The van der Waals surface area contributed by atoms with Gasteiger partial charge in [-0.2, -0.15) is 0 Å². The van der Waals surface area contributed by atoms with Gasteiger partial charge in [-0.1, -0.05) is 64.7 Å². The van der Waals surface area contributed by atoms with Gasteiger partial charge in [0.2, 0.25) is 0 Å². The summed E-state index contributed by atoms with van der Waals surface area (Å²) in [5, 5.41) is 2.07. The van der Waals surface area contributed by atoms with Crippen molar-refractivity contribution in [3.63, 3.8) is 0 Å². The van der Waals surface area contributed by atoms with E-state index >= 15 is 0 Å². The van der Waals surface area contributed by atoms with E-state index in [1.54, 1.807) is 38.0 Å². The summed E-state index contributed by atoms with van der Waals surface area (Å²) in [5.74, 6) is -0.0222. The van der Waals surface area contributed by atoms with Crippen LogP contribution in [0.3, 0.4) is 0 Å². The standard InChI is InChI=1S/C30H43N3O2/c1-6-7-8-9-10-11-12-13-14-15-20-33-27-18-16-23(29(34)31(2)3)21-25(27)26-22-24(17-19-28(26)33)30(35)32(4)5/h16-19,21-22H,6-15,20H2,1-5H3. The number of carbonyl (C=O) groups excluding carboxylic acids is 2. The lowest BCUT2D eigenvalue weighted by molar-refractivity contribution is 0.0820. The van der Waals surface area contributed by atoms with E-state index in [0.29, 0.717) is 11.1 Å². The van der Waals surface area contributed by atoms with E-state index in [-0.39, 0.29) is 11.8 Å². The van der Waals surface area contributed by atoms with E-state index in [0.717, 1.165) is 34.8 Å². The van der Waals surface area contributed by atoms with Gasteiger partial charge in [0.25, 0.3) is 11.8 Å². The van der Waals surface area contributed by atoms with Crippen molar-refractivity contribution in [1.29, 1.82) is 0 Å². The predicted molar refractivity (Wildman–Crippen MR) is 147 cm³/mol. The third kappa shape index (κ3) is 6.65. The van der Waals surface area contributed by atoms with Crippen LogP contribution in [0.2, 0.25) is 0 Å². The number of aromatic nitrogens is 1. The van der Waals surface area contributed by atoms with Crippen LogP contribution in [-0.4, -0.2) is 54.4 Å². The summed E-state index contributed by atoms with van der Waals surface area (Å²) >= 11 is 0. The molecule has 0 radical (unpaired) electrons. The van der Waals surface area contributed by atoms with Crippen LogP contribution in [0.5, 0.6) is 0 Å². The molecule has 190 valence electrons. The largest absolute Gasteiger partial charge is 0.345 e. The molecule has 3 rings (SSSR count). The van der Waals surface area contributed by atoms with E-state index in [2.05, 4.69) is 23.6 Å². The molecule has 0 saturated heterocycles. The van der Waals surface area contributed by atoms with E-state index in [1.165, 1.54) is 57.8 Å². The second-order valence-electron chi connectivity index (χ2n) is 10.2. The monoisotopic (exact) mass is 477 g/mol.